The van der Waals surface area contributed by atoms with E-state index in [1.54, 1.807) is 0 Å². The van der Waals surface area contributed by atoms with Gasteiger partial charge in [0, 0.05) is 20.1 Å². The second kappa shape index (κ2) is 9.83. The number of benzene rings is 1. The maximum Gasteiger partial charge on any atom is 0.295 e. The van der Waals surface area contributed by atoms with E-state index in [4.69, 9.17) is 4.74 Å². The van der Waals surface area contributed by atoms with E-state index in [0.717, 1.165) is 27.9 Å². The number of Topliss-reactive ketones (excluding diaryl/α,β-unsaturated/α-hetero) is 1. The molecule has 2 aromatic heterocycles. The molecule has 0 spiro atoms. The molecule has 1 saturated heterocycles. The van der Waals surface area contributed by atoms with Gasteiger partial charge in [0.05, 0.1) is 19.2 Å². The molecule has 10 heteroatoms. The van der Waals surface area contributed by atoms with Crippen molar-refractivity contribution in [2.24, 2.45) is 0 Å². The number of aryl methyl sites for hydroxylation is 1. The number of rotatable bonds is 9. The molecule has 0 radical (unpaired) electrons. The summed E-state index contributed by atoms with van der Waals surface area (Å²) in [5.41, 5.74) is 0.537. The van der Waals surface area contributed by atoms with Gasteiger partial charge in [-0.1, -0.05) is 41.7 Å². The Morgan fingerprint density at radius 1 is 1.28 bits per heavy atom. The highest BCUT2D eigenvalue weighted by Crippen LogP contribution is 2.33. The highest BCUT2D eigenvalue weighted by molar-refractivity contribution is 7.21. The number of fused-ring (bicyclic) bond motifs is 1. The first-order valence-corrected chi connectivity index (χ1v) is 11.3. The fourth-order valence-corrected chi connectivity index (χ4v) is 5.02. The molecule has 0 N–H and O–H groups in total. The first-order valence-electron chi connectivity index (χ1n) is 10.5. The predicted molar refractivity (Wildman–Crippen MR) is 119 cm³/mol. The zero-order chi connectivity index (χ0) is 22.7. The molecule has 4 rings (SSSR count). The van der Waals surface area contributed by atoms with Crippen LogP contribution in [0.25, 0.3) is 10.3 Å². The van der Waals surface area contributed by atoms with Gasteiger partial charge in [-0.3, -0.25) is 14.2 Å². The Morgan fingerprint density at radius 2 is 2.06 bits per heavy atom. The molecule has 0 unspecified atom stereocenters. The van der Waals surface area contributed by atoms with Gasteiger partial charge in [-0.05, 0) is 24.8 Å². The molecule has 0 amide bonds. The molecule has 1 aliphatic heterocycles. The Balaban J connectivity index is 1.60. The van der Waals surface area contributed by atoms with Crippen LogP contribution in [-0.4, -0.2) is 46.6 Å². The number of anilines is 1. The number of nitrogens with zero attached hydrogens (tertiary/aromatic N) is 4. The van der Waals surface area contributed by atoms with Gasteiger partial charge in [0.15, 0.2) is 27.1 Å². The zero-order valence-electron chi connectivity index (χ0n) is 17.7. The molecule has 7 nitrogen and oxygen atoms in total. The Bertz CT molecular complexity index is 1150. The number of hydrogen-bond donors (Lipinski definition) is 0. The van der Waals surface area contributed by atoms with Crippen LogP contribution in [0.15, 0.2) is 35.1 Å². The number of ether oxygens (including phenoxy) is 1. The lowest BCUT2D eigenvalue weighted by molar-refractivity contribution is -0.120. The number of halogens is 2. The number of thiazole rings is 1. The predicted octanol–water partition coefficient (Wildman–Crippen LogP) is 3.61. The first-order chi connectivity index (χ1) is 15.5. The SMILES string of the molecule is COCCn1c(C(F)F)nc2sc(N3CCC[C@@H]3C(=O)CCc3ccccc3)nc2c1=O. The van der Waals surface area contributed by atoms with Crippen molar-refractivity contribution in [3.8, 4) is 0 Å². The van der Waals surface area contributed by atoms with Crippen molar-refractivity contribution in [3.63, 3.8) is 0 Å². The van der Waals surface area contributed by atoms with Crippen LogP contribution in [0.2, 0.25) is 0 Å². The lowest BCUT2D eigenvalue weighted by Crippen LogP contribution is -2.36. The second-order valence-corrected chi connectivity index (χ2v) is 8.63. The van der Waals surface area contributed by atoms with Crippen LogP contribution in [0, 0.1) is 0 Å². The number of ketones is 1. The summed E-state index contributed by atoms with van der Waals surface area (Å²) < 4.78 is 32.9. The Kier molecular flexibility index (Phi) is 6.90. The number of aromatic nitrogens is 3. The van der Waals surface area contributed by atoms with Crippen LogP contribution in [0.3, 0.4) is 0 Å². The molecule has 32 heavy (non-hydrogen) atoms. The van der Waals surface area contributed by atoms with Gasteiger partial charge < -0.3 is 9.64 Å². The van der Waals surface area contributed by atoms with E-state index < -0.39 is 17.8 Å². The van der Waals surface area contributed by atoms with Crippen molar-refractivity contribution in [2.75, 3.05) is 25.2 Å². The highest BCUT2D eigenvalue weighted by Gasteiger charge is 2.33. The normalized spacial score (nSPS) is 16.4. The molecule has 1 atom stereocenters. The van der Waals surface area contributed by atoms with Crippen molar-refractivity contribution < 1.29 is 18.3 Å². The first kappa shape index (κ1) is 22.5. The summed E-state index contributed by atoms with van der Waals surface area (Å²) in [5.74, 6) is -0.476. The highest BCUT2D eigenvalue weighted by atomic mass is 32.1. The molecular formula is C22H24F2N4O3S. The maximum absolute atomic E-state index is 13.5. The summed E-state index contributed by atoms with van der Waals surface area (Å²) in [6, 6.07) is 9.49. The van der Waals surface area contributed by atoms with Crippen LogP contribution >= 0.6 is 11.3 Å². The number of carbonyl (C=O) groups excluding carboxylic acids is 1. The lowest BCUT2D eigenvalue weighted by atomic mass is 10.0. The van der Waals surface area contributed by atoms with Crippen molar-refractivity contribution in [1.82, 2.24) is 14.5 Å². The third-order valence-electron chi connectivity index (χ3n) is 5.63. The number of alkyl halides is 2. The fourth-order valence-electron chi connectivity index (χ4n) is 4.01. The number of hydrogen-bond acceptors (Lipinski definition) is 7. The van der Waals surface area contributed by atoms with E-state index in [1.807, 2.05) is 35.2 Å². The van der Waals surface area contributed by atoms with Crippen molar-refractivity contribution in [1.29, 1.82) is 0 Å². The van der Waals surface area contributed by atoms with E-state index in [0.29, 0.717) is 30.9 Å². The smallest absolute Gasteiger partial charge is 0.295 e. The Labute approximate surface area is 187 Å². The number of methoxy groups -OCH3 is 1. The van der Waals surface area contributed by atoms with Crippen molar-refractivity contribution in [3.05, 3.63) is 52.1 Å². The van der Waals surface area contributed by atoms with E-state index in [-0.39, 0.29) is 35.3 Å². The molecule has 170 valence electrons. The number of carbonyl (C=O) groups is 1. The summed E-state index contributed by atoms with van der Waals surface area (Å²) in [5, 5.41) is 0.477. The van der Waals surface area contributed by atoms with Gasteiger partial charge in [-0.25, -0.2) is 18.7 Å². The third-order valence-corrected chi connectivity index (χ3v) is 6.61. The summed E-state index contributed by atoms with van der Waals surface area (Å²) in [6.07, 6.45) is -0.294. The van der Waals surface area contributed by atoms with Gasteiger partial charge in [0.1, 0.15) is 0 Å². The minimum Gasteiger partial charge on any atom is -0.383 e. The quantitative estimate of drug-likeness (QED) is 0.484. The molecule has 0 saturated carbocycles. The summed E-state index contributed by atoms with van der Waals surface area (Å²) >= 11 is 1.08. The van der Waals surface area contributed by atoms with Gasteiger partial charge in [0.2, 0.25) is 0 Å². The largest absolute Gasteiger partial charge is 0.383 e. The minimum atomic E-state index is -2.89. The van der Waals surface area contributed by atoms with Crippen LogP contribution in [0.5, 0.6) is 0 Å². The summed E-state index contributed by atoms with van der Waals surface area (Å²) in [4.78, 5) is 36.3. The zero-order valence-corrected chi connectivity index (χ0v) is 18.5. The molecule has 1 fully saturated rings. The van der Waals surface area contributed by atoms with Crippen molar-refractivity contribution in [2.45, 2.75) is 44.7 Å². The average Bonchev–Trinajstić information content (AvgIpc) is 3.44. The minimum absolute atomic E-state index is 0.0326. The van der Waals surface area contributed by atoms with Crippen LogP contribution in [0.4, 0.5) is 13.9 Å². The summed E-state index contributed by atoms with van der Waals surface area (Å²) in [7, 11) is 1.43. The second-order valence-electron chi connectivity index (χ2n) is 7.67. The fraction of sp³-hybridized carbons (Fsp3) is 0.455. The van der Waals surface area contributed by atoms with Gasteiger partial charge in [-0.15, -0.1) is 0 Å². The monoisotopic (exact) mass is 462 g/mol. The van der Waals surface area contributed by atoms with Crippen LogP contribution in [0.1, 0.15) is 37.1 Å². The molecule has 0 aliphatic carbocycles. The Hall–Kier alpha value is -2.72. The molecule has 3 heterocycles. The molecule has 1 aliphatic rings. The Morgan fingerprint density at radius 3 is 2.78 bits per heavy atom. The standard InChI is InChI=1S/C22H24F2N4O3S/c1-31-13-12-28-19(18(23)24)26-20-17(21(28)30)25-22(32-20)27-11-5-8-15(27)16(29)10-9-14-6-3-2-4-7-14/h2-4,6-7,15,18H,5,8-13H2,1H3/t15-/m1/s1. The van der Waals surface area contributed by atoms with E-state index >= 15 is 0 Å². The van der Waals surface area contributed by atoms with Crippen LogP contribution in [-0.2, 0) is 22.5 Å². The molecule has 1 aromatic carbocycles. The summed E-state index contributed by atoms with van der Waals surface area (Å²) in [6.45, 7) is 0.699. The lowest BCUT2D eigenvalue weighted by Gasteiger charge is -2.22. The van der Waals surface area contributed by atoms with E-state index in [2.05, 4.69) is 9.97 Å². The topological polar surface area (TPSA) is 77.3 Å². The molecule has 3 aromatic rings. The van der Waals surface area contributed by atoms with E-state index in [9.17, 15) is 18.4 Å². The van der Waals surface area contributed by atoms with Crippen LogP contribution < -0.4 is 10.5 Å². The van der Waals surface area contributed by atoms with Gasteiger partial charge >= 0.3 is 0 Å². The van der Waals surface area contributed by atoms with Gasteiger partial charge in [-0.2, -0.15) is 0 Å². The average molecular weight is 463 g/mol. The maximum atomic E-state index is 13.5. The molecule has 0 bridgehead atoms. The van der Waals surface area contributed by atoms with E-state index in [1.165, 1.54) is 7.11 Å². The van der Waals surface area contributed by atoms with Crippen molar-refractivity contribution >= 4 is 32.6 Å². The van der Waals surface area contributed by atoms with Gasteiger partial charge in [0.25, 0.3) is 12.0 Å². The molecular weight excluding hydrogens is 438 g/mol. The third kappa shape index (κ3) is 4.56.